The summed E-state index contributed by atoms with van der Waals surface area (Å²) in [5.41, 5.74) is 6.17. The number of rotatable bonds is 10. The highest BCUT2D eigenvalue weighted by atomic mass is 79.9. The molecule has 0 radical (unpaired) electrons. The van der Waals surface area contributed by atoms with E-state index in [1.165, 1.54) is 0 Å². The van der Waals surface area contributed by atoms with Crippen molar-refractivity contribution in [2.75, 3.05) is 13.7 Å². The smallest absolute Gasteiger partial charge is 0.175 e. The lowest BCUT2D eigenvalue weighted by molar-refractivity contribution is -0.117. The van der Waals surface area contributed by atoms with E-state index in [9.17, 15) is 9.59 Å². The van der Waals surface area contributed by atoms with Gasteiger partial charge in [0.05, 0.1) is 18.2 Å². The third-order valence-electron chi connectivity index (χ3n) is 8.30. The van der Waals surface area contributed by atoms with Crippen LogP contribution in [0.25, 0.3) is 0 Å². The maximum Gasteiger partial charge on any atom is 0.175 e. The standard InChI is InChI=1S/C36H36BrNO6/c1-3-42-32-19-24(33-34-26(11-7-13-28(34)39)38-27-12-8-14-29(40)35(27)33)18-25(37)36(32)44-21-23-15-16-30(31(17-23)41-2)43-20-22-9-5-4-6-10-22/h4-6,9-10,15-19,33,38H,3,7-8,11-14,20-21H2,1-2H3. The first kappa shape index (κ1) is 30.0. The minimum atomic E-state index is -0.418. The van der Waals surface area contributed by atoms with Crippen LogP contribution in [0.4, 0.5) is 0 Å². The molecule has 8 heteroatoms. The fraction of sp³-hybridized carbons (Fsp3) is 0.333. The number of ether oxygens (including phenoxy) is 4. The lowest BCUT2D eigenvalue weighted by Crippen LogP contribution is -2.36. The van der Waals surface area contributed by atoms with E-state index in [2.05, 4.69) is 21.2 Å². The zero-order chi connectivity index (χ0) is 30.6. The molecule has 0 bridgehead atoms. The van der Waals surface area contributed by atoms with Gasteiger partial charge in [0.15, 0.2) is 34.6 Å². The Morgan fingerprint density at radius 3 is 2.09 bits per heavy atom. The maximum absolute atomic E-state index is 13.3. The van der Waals surface area contributed by atoms with Gasteiger partial charge in [-0.3, -0.25) is 9.59 Å². The van der Waals surface area contributed by atoms with Gasteiger partial charge in [0, 0.05) is 41.3 Å². The van der Waals surface area contributed by atoms with Gasteiger partial charge in [-0.05, 0) is 89.5 Å². The van der Waals surface area contributed by atoms with Crippen molar-refractivity contribution < 1.29 is 28.5 Å². The van der Waals surface area contributed by atoms with E-state index in [1.54, 1.807) is 7.11 Å². The van der Waals surface area contributed by atoms with Crippen molar-refractivity contribution in [3.63, 3.8) is 0 Å². The van der Waals surface area contributed by atoms with Crippen LogP contribution in [0.2, 0.25) is 0 Å². The van der Waals surface area contributed by atoms with Gasteiger partial charge in [-0.25, -0.2) is 0 Å². The molecule has 44 heavy (non-hydrogen) atoms. The molecule has 1 heterocycles. The van der Waals surface area contributed by atoms with Crippen molar-refractivity contribution >= 4 is 27.5 Å². The van der Waals surface area contributed by atoms with Crippen LogP contribution in [0, 0.1) is 0 Å². The lowest BCUT2D eigenvalue weighted by atomic mass is 9.71. The topological polar surface area (TPSA) is 83.1 Å². The van der Waals surface area contributed by atoms with E-state index in [-0.39, 0.29) is 18.2 Å². The number of dihydropyridines is 1. The molecule has 3 aromatic rings. The number of Topliss-reactive ketones (excluding diaryl/α,β-unsaturated/α-hetero) is 2. The van der Waals surface area contributed by atoms with Gasteiger partial charge < -0.3 is 24.3 Å². The summed E-state index contributed by atoms with van der Waals surface area (Å²) in [4.78, 5) is 26.6. The second-order valence-corrected chi connectivity index (χ2v) is 12.1. The molecule has 0 aromatic heterocycles. The molecule has 6 rings (SSSR count). The van der Waals surface area contributed by atoms with E-state index in [4.69, 9.17) is 18.9 Å². The molecule has 0 unspecified atom stereocenters. The Hall–Kier alpha value is -4.04. The van der Waals surface area contributed by atoms with E-state index >= 15 is 0 Å². The minimum absolute atomic E-state index is 0.105. The van der Waals surface area contributed by atoms with Gasteiger partial charge >= 0.3 is 0 Å². The van der Waals surface area contributed by atoms with Crippen molar-refractivity contribution in [1.82, 2.24) is 5.32 Å². The molecule has 0 amide bonds. The third-order valence-corrected chi connectivity index (χ3v) is 8.89. The molecule has 7 nitrogen and oxygen atoms in total. The van der Waals surface area contributed by atoms with Gasteiger partial charge in [0.1, 0.15) is 13.2 Å². The quantitative estimate of drug-likeness (QED) is 0.239. The summed E-state index contributed by atoms with van der Waals surface area (Å²) in [7, 11) is 1.62. The van der Waals surface area contributed by atoms with Crippen LogP contribution in [-0.4, -0.2) is 25.3 Å². The fourth-order valence-corrected chi connectivity index (χ4v) is 6.86. The molecule has 2 aliphatic carbocycles. The third kappa shape index (κ3) is 6.13. The Morgan fingerprint density at radius 2 is 1.43 bits per heavy atom. The summed E-state index contributed by atoms with van der Waals surface area (Å²) in [5.74, 6) is 2.18. The average molecular weight is 659 g/mol. The van der Waals surface area contributed by atoms with Crippen LogP contribution in [0.15, 0.2) is 87.7 Å². The fourth-order valence-electron chi connectivity index (χ4n) is 6.29. The highest BCUT2D eigenvalue weighted by Crippen LogP contribution is 2.48. The molecule has 0 saturated carbocycles. The van der Waals surface area contributed by atoms with Crippen LogP contribution < -0.4 is 24.3 Å². The molecule has 1 N–H and O–H groups in total. The summed E-state index contributed by atoms with van der Waals surface area (Å²) in [6, 6.07) is 19.6. The van der Waals surface area contributed by atoms with Crippen molar-refractivity contribution in [1.29, 1.82) is 0 Å². The first-order valence-corrected chi connectivity index (χ1v) is 16.0. The number of benzene rings is 3. The predicted molar refractivity (Wildman–Crippen MR) is 171 cm³/mol. The summed E-state index contributed by atoms with van der Waals surface area (Å²) in [5, 5.41) is 3.48. The Balaban J connectivity index is 1.27. The number of hydrogen-bond donors (Lipinski definition) is 1. The molecular weight excluding hydrogens is 622 g/mol. The molecule has 0 spiro atoms. The monoisotopic (exact) mass is 657 g/mol. The van der Waals surface area contributed by atoms with Crippen LogP contribution >= 0.6 is 15.9 Å². The lowest BCUT2D eigenvalue weighted by Gasteiger charge is -2.37. The van der Waals surface area contributed by atoms with E-state index in [0.29, 0.717) is 53.5 Å². The Bertz CT molecular complexity index is 1600. The SMILES string of the molecule is CCOc1cc(C2C3=C(CCCC3=O)NC3=C2C(=O)CCC3)cc(Br)c1OCc1ccc(OCc2ccccc2)c(OC)c1. The molecule has 228 valence electrons. The Kier molecular flexibility index (Phi) is 9.07. The van der Waals surface area contributed by atoms with E-state index < -0.39 is 5.92 Å². The van der Waals surface area contributed by atoms with E-state index in [0.717, 1.165) is 64.9 Å². The molecular formula is C36H36BrNO6. The molecule has 3 aromatic carbocycles. The highest BCUT2D eigenvalue weighted by molar-refractivity contribution is 9.10. The van der Waals surface area contributed by atoms with Crippen molar-refractivity contribution in [3.05, 3.63) is 104 Å². The number of methoxy groups -OCH3 is 1. The van der Waals surface area contributed by atoms with Crippen molar-refractivity contribution in [2.45, 2.75) is 64.6 Å². The van der Waals surface area contributed by atoms with Gasteiger partial charge in [0.2, 0.25) is 0 Å². The van der Waals surface area contributed by atoms with Gasteiger partial charge in [-0.1, -0.05) is 36.4 Å². The molecule has 3 aliphatic rings. The summed E-state index contributed by atoms with van der Waals surface area (Å²) < 4.78 is 24.7. The molecule has 0 fully saturated rings. The van der Waals surface area contributed by atoms with Crippen molar-refractivity contribution in [2.24, 2.45) is 0 Å². The highest BCUT2D eigenvalue weighted by Gasteiger charge is 2.40. The molecule has 0 atom stereocenters. The Morgan fingerprint density at radius 1 is 0.750 bits per heavy atom. The Labute approximate surface area is 266 Å². The minimum Gasteiger partial charge on any atom is -0.493 e. The molecule has 1 aliphatic heterocycles. The first-order chi connectivity index (χ1) is 21.5. The summed E-state index contributed by atoms with van der Waals surface area (Å²) >= 11 is 3.73. The normalized spacial score (nSPS) is 16.7. The van der Waals surface area contributed by atoms with Gasteiger partial charge in [-0.15, -0.1) is 0 Å². The molecule has 0 saturated heterocycles. The number of halogens is 1. The van der Waals surface area contributed by atoms with Gasteiger partial charge in [-0.2, -0.15) is 0 Å². The second kappa shape index (κ2) is 13.3. The average Bonchev–Trinajstić information content (AvgIpc) is 3.03. The first-order valence-electron chi connectivity index (χ1n) is 15.2. The number of carbonyl (C=O) groups is 2. The number of carbonyl (C=O) groups excluding carboxylic acids is 2. The number of hydrogen-bond acceptors (Lipinski definition) is 7. The van der Waals surface area contributed by atoms with Crippen molar-refractivity contribution in [3.8, 4) is 23.0 Å². The zero-order valence-electron chi connectivity index (χ0n) is 25.0. The van der Waals surface area contributed by atoms with Gasteiger partial charge in [0.25, 0.3) is 0 Å². The number of nitrogens with one attached hydrogen (secondary N) is 1. The predicted octanol–water partition coefficient (Wildman–Crippen LogP) is 7.72. The number of ketones is 2. The summed E-state index contributed by atoms with van der Waals surface area (Å²) in [6.45, 7) is 3.06. The van der Waals surface area contributed by atoms with E-state index in [1.807, 2.05) is 67.6 Å². The van der Waals surface area contributed by atoms with Crippen LogP contribution in [0.5, 0.6) is 23.0 Å². The maximum atomic E-state index is 13.3. The van der Waals surface area contributed by atoms with Crippen LogP contribution in [-0.2, 0) is 22.8 Å². The second-order valence-electron chi connectivity index (χ2n) is 11.2. The number of allylic oxidation sites excluding steroid dienone is 4. The zero-order valence-corrected chi connectivity index (χ0v) is 26.6. The summed E-state index contributed by atoms with van der Waals surface area (Å²) in [6.07, 6.45) is 4.24. The van der Waals surface area contributed by atoms with Crippen LogP contribution in [0.3, 0.4) is 0 Å². The largest absolute Gasteiger partial charge is 0.493 e. The van der Waals surface area contributed by atoms with Crippen LogP contribution in [0.1, 0.15) is 68.1 Å².